The Morgan fingerprint density at radius 1 is 1.11 bits per heavy atom. The van der Waals surface area contributed by atoms with Crippen LogP contribution < -0.4 is 11.3 Å². The van der Waals surface area contributed by atoms with E-state index in [4.69, 9.17) is 45.1 Å². The molecular weight excluding hydrogens is 697 g/mol. The van der Waals surface area contributed by atoms with E-state index in [9.17, 15) is 28.9 Å². The minimum atomic E-state index is -4.50. The number of anilines is 1. The number of hydrogen-bond acceptors (Lipinski definition) is 16. The SMILES string of the molecule is CO[C@@H]1COP(O)(=S)OC[C@H]2[C@@H](O)[C@H](n3cnc4c(N)ncnc43)O[C@@H]2COP(=O)(S)O[C@@H](n2cc(F)c3c(=O)[nH]cnc32)[C@@H]1O. The summed E-state index contributed by atoms with van der Waals surface area (Å²) in [7, 11) is 1.18. The van der Waals surface area contributed by atoms with Gasteiger partial charge in [0.2, 0.25) is 0 Å². The fraction of sp³-hybridized carbons (Fsp3) is 0.500. The van der Waals surface area contributed by atoms with Gasteiger partial charge in [0.05, 0.1) is 38.6 Å². The number of aliphatic hydroxyl groups is 2. The van der Waals surface area contributed by atoms with Crippen LogP contribution in [0.15, 0.2) is 30.0 Å². The van der Waals surface area contributed by atoms with Gasteiger partial charge < -0.3 is 44.3 Å². The highest BCUT2D eigenvalue weighted by Crippen LogP contribution is 2.57. The number of nitrogens with zero attached hydrogens (tertiary/aromatic N) is 6. The highest BCUT2D eigenvalue weighted by molar-refractivity contribution is 8.44. The molecule has 6 heterocycles. The number of aliphatic hydroxyl groups excluding tert-OH is 2. The number of nitrogen functional groups attached to an aromatic ring is 1. The van der Waals surface area contributed by atoms with Crippen molar-refractivity contribution in [2.75, 3.05) is 32.7 Å². The molecule has 250 valence electrons. The van der Waals surface area contributed by atoms with E-state index in [1.165, 1.54) is 24.3 Å². The lowest BCUT2D eigenvalue weighted by atomic mass is 9.99. The van der Waals surface area contributed by atoms with Gasteiger partial charge in [0.15, 0.2) is 35.4 Å². The van der Waals surface area contributed by atoms with Crippen LogP contribution in [0, 0.1) is 11.7 Å². The molecule has 9 atom stereocenters. The van der Waals surface area contributed by atoms with E-state index < -0.39 is 92.9 Å². The van der Waals surface area contributed by atoms with Gasteiger partial charge in [-0.1, -0.05) is 12.2 Å². The number of rotatable bonds is 3. The quantitative estimate of drug-likeness (QED) is 0.123. The monoisotopic (exact) mass is 724 g/mol. The molecule has 4 aromatic heterocycles. The van der Waals surface area contributed by atoms with E-state index in [1.54, 1.807) is 0 Å². The van der Waals surface area contributed by atoms with Crippen LogP contribution in [0.5, 0.6) is 0 Å². The Labute approximate surface area is 267 Å². The number of thiol groups is 1. The minimum absolute atomic E-state index is 0.0917. The lowest BCUT2D eigenvalue weighted by Crippen LogP contribution is -2.40. The topological polar surface area (TPSA) is 253 Å². The van der Waals surface area contributed by atoms with Gasteiger partial charge in [-0.3, -0.25) is 23.0 Å². The summed E-state index contributed by atoms with van der Waals surface area (Å²) < 4.78 is 64.4. The molecule has 2 aliphatic rings. The summed E-state index contributed by atoms with van der Waals surface area (Å²) in [4.78, 5) is 41.6. The zero-order chi connectivity index (χ0) is 33.0. The van der Waals surface area contributed by atoms with Crippen molar-refractivity contribution in [2.45, 2.75) is 36.9 Å². The number of ether oxygens (including phenoxy) is 2. The van der Waals surface area contributed by atoms with Crippen LogP contribution in [0.1, 0.15) is 12.5 Å². The van der Waals surface area contributed by atoms with Crippen LogP contribution in [0.3, 0.4) is 0 Å². The molecule has 2 unspecified atom stereocenters. The van der Waals surface area contributed by atoms with Crippen LogP contribution >= 0.6 is 25.8 Å². The van der Waals surface area contributed by atoms with Gasteiger partial charge in [-0.25, -0.2) is 28.9 Å². The minimum Gasteiger partial charge on any atom is -0.388 e. The maximum atomic E-state index is 14.9. The van der Waals surface area contributed by atoms with Crippen molar-refractivity contribution < 1.29 is 51.6 Å². The van der Waals surface area contributed by atoms with Crippen molar-refractivity contribution in [1.29, 1.82) is 0 Å². The van der Waals surface area contributed by atoms with Crippen molar-refractivity contribution in [3.63, 3.8) is 0 Å². The molecule has 2 aliphatic heterocycles. The molecule has 0 spiro atoms. The lowest BCUT2D eigenvalue weighted by molar-refractivity contribution is -0.108. The van der Waals surface area contributed by atoms with Gasteiger partial charge in [0, 0.05) is 19.2 Å². The highest BCUT2D eigenvalue weighted by atomic mass is 32.7. The summed E-state index contributed by atoms with van der Waals surface area (Å²) >= 11 is 9.21. The van der Waals surface area contributed by atoms with Gasteiger partial charge >= 0.3 is 13.5 Å². The lowest BCUT2D eigenvalue weighted by Gasteiger charge is -2.32. The summed E-state index contributed by atoms with van der Waals surface area (Å²) in [5.41, 5.74) is 5.26. The van der Waals surface area contributed by atoms with E-state index in [0.29, 0.717) is 0 Å². The molecular formula is C22H27FN8O11P2S2. The summed E-state index contributed by atoms with van der Waals surface area (Å²) in [5.74, 6) is -1.91. The molecule has 24 heteroatoms. The second-order valence-electron chi connectivity index (χ2n) is 10.2. The van der Waals surface area contributed by atoms with Gasteiger partial charge in [-0.15, -0.1) is 0 Å². The first-order valence-electron chi connectivity index (χ1n) is 13.3. The van der Waals surface area contributed by atoms with Crippen LogP contribution in [0.25, 0.3) is 22.2 Å². The number of methoxy groups -OCH3 is 1. The molecule has 4 aromatic rings. The molecule has 19 nitrogen and oxygen atoms in total. The molecule has 0 aromatic carbocycles. The molecule has 0 saturated carbocycles. The Morgan fingerprint density at radius 2 is 1.87 bits per heavy atom. The average molecular weight is 725 g/mol. The van der Waals surface area contributed by atoms with E-state index in [-0.39, 0.29) is 22.6 Å². The third-order valence-corrected chi connectivity index (χ3v) is 10.6. The number of hydrogen-bond donors (Lipinski definition) is 6. The number of aromatic amines is 1. The molecule has 2 saturated heterocycles. The van der Waals surface area contributed by atoms with Crippen molar-refractivity contribution in [3.05, 3.63) is 41.3 Å². The number of imidazole rings is 1. The molecule has 0 bridgehead atoms. The van der Waals surface area contributed by atoms with E-state index in [0.717, 1.165) is 17.1 Å². The van der Waals surface area contributed by atoms with Gasteiger partial charge in [-0.2, -0.15) is 0 Å². The Hall–Kier alpha value is -2.43. The molecule has 6 rings (SSSR count). The third-order valence-electron chi connectivity index (χ3n) is 7.48. The largest absolute Gasteiger partial charge is 0.388 e. The average Bonchev–Trinajstić information content (AvgIpc) is 3.68. The van der Waals surface area contributed by atoms with Crippen molar-refractivity contribution in [3.8, 4) is 0 Å². The molecule has 0 aliphatic carbocycles. The van der Waals surface area contributed by atoms with Crippen molar-refractivity contribution >= 4 is 65.6 Å². The second-order valence-corrected chi connectivity index (χ2v) is 15.9. The molecule has 46 heavy (non-hydrogen) atoms. The molecule has 6 N–H and O–H groups in total. The molecule has 0 amide bonds. The normalized spacial score (nSPS) is 34.9. The van der Waals surface area contributed by atoms with E-state index >= 15 is 0 Å². The van der Waals surface area contributed by atoms with Crippen LogP contribution in [-0.2, 0) is 43.9 Å². The molecule has 2 fully saturated rings. The summed E-state index contributed by atoms with van der Waals surface area (Å²) in [6.45, 7) is -10.1. The third kappa shape index (κ3) is 6.38. The summed E-state index contributed by atoms with van der Waals surface area (Å²) in [5, 5.41) is 22.2. The number of nitrogens with one attached hydrogen (secondary N) is 1. The molecule has 0 radical (unpaired) electrons. The number of H-pyrrole nitrogens is 1. The van der Waals surface area contributed by atoms with Crippen molar-refractivity contribution in [1.82, 2.24) is 34.1 Å². The Kier molecular flexibility index (Phi) is 9.37. The fourth-order valence-corrected chi connectivity index (χ4v) is 7.70. The zero-order valence-corrected chi connectivity index (χ0v) is 27.0. The number of nitrogens with two attached hydrogens (primary N) is 1. The van der Waals surface area contributed by atoms with Crippen LogP contribution in [0.2, 0.25) is 0 Å². The Bertz CT molecular complexity index is 1910. The predicted molar refractivity (Wildman–Crippen MR) is 161 cm³/mol. The maximum Gasteiger partial charge on any atom is 0.388 e. The second kappa shape index (κ2) is 12.9. The van der Waals surface area contributed by atoms with Crippen molar-refractivity contribution in [2.24, 2.45) is 5.92 Å². The number of aromatic nitrogens is 7. The van der Waals surface area contributed by atoms with Gasteiger partial charge in [-0.05, 0) is 11.8 Å². The van der Waals surface area contributed by atoms with Crippen LogP contribution in [-0.4, -0.2) is 101 Å². The van der Waals surface area contributed by atoms with Gasteiger partial charge in [0.1, 0.15) is 35.5 Å². The first kappa shape index (κ1) is 33.5. The highest BCUT2D eigenvalue weighted by Gasteiger charge is 2.48. The summed E-state index contributed by atoms with van der Waals surface area (Å²) in [6.07, 6.45) is -4.31. The summed E-state index contributed by atoms with van der Waals surface area (Å²) in [6, 6.07) is 0. The number of fused-ring (bicyclic) bond motifs is 3. The fourth-order valence-electron chi connectivity index (χ4n) is 5.18. The van der Waals surface area contributed by atoms with Gasteiger partial charge in [0.25, 0.3) is 5.56 Å². The Balaban J connectivity index is 1.36. The predicted octanol–water partition coefficient (Wildman–Crippen LogP) is 0.369. The van der Waals surface area contributed by atoms with E-state index in [1.807, 2.05) is 0 Å². The number of halogens is 1. The zero-order valence-electron chi connectivity index (χ0n) is 23.5. The Morgan fingerprint density at radius 3 is 2.63 bits per heavy atom. The van der Waals surface area contributed by atoms with E-state index in [2.05, 4.69) is 37.2 Å². The maximum absolute atomic E-state index is 14.9. The smallest absolute Gasteiger partial charge is 0.388 e. The first-order valence-corrected chi connectivity index (χ1v) is 18.6. The first-order chi connectivity index (χ1) is 21.8. The standard InChI is InChI=1S/C22H27FN8O11P2S2/c1-37-12-5-39-43(35,45)38-3-9-11(41-21(15(9)32)31-8-29-14-17(24)25-6-27-19(14)31)4-40-44(36,46)42-22(16(12)33)30-2-10(23)13-18(30)26-7-28-20(13)34/h2,6-9,11-12,15-16,21-22,32-33H,3-5H2,1H3,(H,35,45)(H,36,46)(H2,24,25,27)(H,26,28,34)/t9-,11-,12-,15-,16-,21-,22-,43?,44?/m1/s1. The van der Waals surface area contributed by atoms with Crippen LogP contribution in [0.4, 0.5) is 10.2 Å².